The van der Waals surface area contributed by atoms with Crippen LogP contribution in [0.2, 0.25) is 0 Å². The fourth-order valence-corrected chi connectivity index (χ4v) is 5.18. The van der Waals surface area contributed by atoms with E-state index in [-0.39, 0.29) is 11.8 Å². The Hall–Kier alpha value is -3.12. The number of carbonyl (C=O) groups is 2. The Balaban J connectivity index is 1.51. The van der Waals surface area contributed by atoms with Crippen LogP contribution in [0, 0.1) is 6.92 Å². The molecule has 4 rings (SSSR count). The average molecular weight is 464 g/mol. The van der Waals surface area contributed by atoms with Crippen molar-refractivity contribution in [1.29, 1.82) is 0 Å². The molecule has 2 atom stereocenters. The van der Waals surface area contributed by atoms with Crippen molar-refractivity contribution < 1.29 is 19.1 Å². The second-order valence-corrected chi connectivity index (χ2v) is 9.35. The Morgan fingerprint density at radius 2 is 1.94 bits per heavy atom. The molecule has 5 nitrogen and oxygen atoms in total. The first-order chi connectivity index (χ1) is 16.0. The normalized spacial score (nSPS) is 16.8. The van der Waals surface area contributed by atoms with Crippen molar-refractivity contribution in [3.8, 4) is 16.2 Å². The van der Waals surface area contributed by atoms with E-state index in [1.54, 1.807) is 18.3 Å². The van der Waals surface area contributed by atoms with E-state index in [0.29, 0.717) is 12.3 Å². The maximum Gasteiger partial charge on any atom is 0.346 e. The number of benzene rings is 2. The van der Waals surface area contributed by atoms with Crippen LogP contribution in [0.25, 0.3) is 10.4 Å². The Labute approximate surface area is 199 Å². The molecule has 2 heterocycles. The van der Waals surface area contributed by atoms with Gasteiger partial charge >= 0.3 is 5.97 Å². The van der Waals surface area contributed by atoms with Crippen molar-refractivity contribution in [3.63, 3.8) is 0 Å². The lowest BCUT2D eigenvalue weighted by molar-refractivity contribution is -0.147. The van der Waals surface area contributed by atoms with E-state index in [2.05, 4.69) is 12.1 Å². The largest absolute Gasteiger partial charge is 0.479 e. The molecule has 6 heteroatoms. The van der Waals surface area contributed by atoms with Gasteiger partial charge in [-0.15, -0.1) is 11.3 Å². The maximum atomic E-state index is 13.4. The molecule has 0 bridgehead atoms. The zero-order chi connectivity index (χ0) is 23.4. The minimum atomic E-state index is -0.677. The summed E-state index contributed by atoms with van der Waals surface area (Å²) in [5.74, 6) is 0.569. The van der Waals surface area contributed by atoms with Gasteiger partial charge in [0.05, 0.1) is 7.11 Å². The van der Waals surface area contributed by atoms with Gasteiger partial charge in [0.15, 0.2) is 6.10 Å². The van der Waals surface area contributed by atoms with Gasteiger partial charge in [-0.1, -0.05) is 30.3 Å². The zero-order valence-electron chi connectivity index (χ0n) is 19.2. The van der Waals surface area contributed by atoms with E-state index < -0.39 is 12.1 Å². The Morgan fingerprint density at radius 1 is 1.12 bits per heavy atom. The summed E-state index contributed by atoms with van der Waals surface area (Å²) in [6, 6.07) is 17.9. The molecule has 0 aliphatic carbocycles. The number of piperidine rings is 1. The Bertz CT molecular complexity index is 1120. The lowest BCUT2D eigenvalue weighted by Gasteiger charge is -2.34. The second-order valence-electron chi connectivity index (χ2n) is 8.40. The number of carbonyl (C=O) groups excluding carboxylic acids is 2. The first kappa shape index (κ1) is 23.1. The molecule has 0 spiro atoms. The van der Waals surface area contributed by atoms with Crippen LogP contribution in [0.15, 0.2) is 60.0 Å². The summed E-state index contributed by atoms with van der Waals surface area (Å²) >= 11 is 1.67. The minimum Gasteiger partial charge on any atom is -0.479 e. The number of rotatable bonds is 6. The van der Waals surface area contributed by atoms with Gasteiger partial charge in [-0.2, -0.15) is 0 Å². The van der Waals surface area contributed by atoms with Gasteiger partial charge in [-0.05, 0) is 73.0 Å². The molecule has 0 saturated carbocycles. The summed E-state index contributed by atoms with van der Waals surface area (Å²) in [4.78, 5) is 28.3. The number of hydrogen-bond acceptors (Lipinski definition) is 5. The highest BCUT2D eigenvalue weighted by molar-refractivity contribution is 7.13. The van der Waals surface area contributed by atoms with E-state index in [0.717, 1.165) is 46.5 Å². The number of nitrogens with zero attached hydrogens (tertiary/aromatic N) is 1. The molecule has 2 unspecified atom stereocenters. The number of esters is 1. The molecule has 3 aromatic rings. The predicted octanol–water partition coefficient (Wildman–Crippen LogP) is 5.68. The summed E-state index contributed by atoms with van der Waals surface area (Å²) in [5.41, 5.74) is 3.97. The molecule has 1 aromatic heterocycles. The van der Waals surface area contributed by atoms with Crippen molar-refractivity contribution >= 4 is 23.2 Å². The van der Waals surface area contributed by atoms with Crippen LogP contribution in [0.4, 0.5) is 0 Å². The maximum absolute atomic E-state index is 13.4. The van der Waals surface area contributed by atoms with E-state index in [9.17, 15) is 9.59 Å². The monoisotopic (exact) mass is 463 g/mol. The number of thiophene rings is 1. The lowest BCUT2D eigenvalue weighted by Crippen LogP contribution is -2.39. The van der Waals surface area contributed by atoms with Crippen LogP contribution in [0.3, 0.4) is 0 Å². The van der Waals surface area contributed by atoms with E-state index in [4.69, 9.17) is 9.47 Å². The molecular formula is C27H29NO4S. The van der Waals surface area contributed by atoms with Crippen molar-refractivity contribution in [1.82, 2.24) is 4.90 Å². The zero-order valence-corrected chi connectivity index (χ0v) is 20.1. The molecule has 1 saturated heterocycles. The third-order valence-electron chi connectivity index (χ3n) is 6.23. The molecular weight excluding hydrogens is 434 g/mol. The number of methoxy groups -OCH3 is 1. The van der Waals surface area contributed by atoms with Crippen LogP contribution in [0.1, 0.15) is 47.2 Å². The molecule has 0 N–H and O–H groups in total. The van der Waals surface area contributed by atoms with E-state index in [1.807, 2.05) is 59.7 Å². The average Bonchev–Trinajstić information content (AvgIpc) is 3.39. The topological polar surface area (TPSA) is 55.8 Å². The summed E-state index contributed by atoms with van der Waals surface area (Å²) < 4.78 is 10.6. The summed E-state index contributed by atoms with van der Waals surface area (Å²) in [5, 5.41) is 2.05. The van der Waals surface area contributed by atoms with Gasteiger partial charge < -0.3 is 14.4 Å². The molecule has 1 fully saturated rings. The quantitative estimate of drug-likeness (QED) is 0.441. The highest BCUT2D eigenvalue weighted by Crippen LogP contribution is 2.34. The molecule has 2 aromatic carbocycles. The highest BCUT2D eigenvalue weighted by Gasteiger charge is 2.27. The van der Waals surface area contributed by atoms with Crippen LogP contribution >= 0.6 is 11.3 Å². The van der Waals surface area contributed by atoms with E-state index in [1.165, 1.54) is 7.11 Å². The smallest absolute Gasteiger partial charge is 0.346 e. The second kappa shape index (κ2) is 10.2. The van der Waals surface area contributed by atoms with Crippen molar-refractivity contribution in [2.45, 2.75) is 38.7 Å². The van der Waals surface area contributed by atoms with Gasteiger partial charge in [-0.25, -0.2) is 4.79 Å². The molecule has 33 heavy (non-hydrogen) atoms. The fourth-order valence-electron chi connectivity index (χ4n) is 4.45. The first-order valence-corrected chi connectivity index (χ1v) is 12.1. The number of hydrogen-bond donors (Lipinski definition) is 0. The third kappa shape index (κ3) is 5.11. The standard InChI is InChI=1S/C27H29NO4S/c1-18-23(11-5-12-24(18)32-19(2)27(30)31-3)22-10-6-14-28(17-22)26(29)21-9-4-8-20(16-21)25-13-7-15-33-25/h4-5,7-9,11-13,15-16,19,22H,6,10,14,17H2,1-3H3. The molecule has 1 aliphatic heterocycles. The van der Waals surface area contributed by atoms with Gasteiger partial charge in [0.25, 0.3) is 5.91 Å². The summed E-state index contributed by atoms with van der Waals surface area (Å²) in [7, 11) is 1.36. The van der Waals surface area contributed by atoms with Crippen LogP contribution in [-0.2, 0) is 9.53 Å². The lowest BCUT2D eigenvalue weighted by atomic mass is 9.87. The Morgan fingerprint density at radius 3 is 2.70 bits per heavy atom. The van der Waals surface area contributed by atoms with Crippen molar-refractivity contribution in [2.24, 2.45) is 0 Å². The first-order valence-electron chi connectivity index (χ1n) is 11.2. The fraction of sp³-hybridized carbons (Fsp3) is 0.333. The molecule has 1 amide bonds. The van der Waals surface area contributed by atoms with Crippen molar-refractivity contribution in [3.05, 3.63) is 76.7 Å². The molecule has 0 radical (unpaired) electrons. The van der Waals surface area contributed by atoms with Gasteiger partial charge in [0.1, 0.15) is 5.75 Å². The Kier molecular flexibility index (Phi) is 7.14. The van der Waals surface area contributed by atoms with Gasteiger partial charge in [-0.3, -0.25) is 4.79 Å². The minimum absolute atomic E-state index is 0.0717. The van der Waals surface area contributed by atoms with Crippen LogP contribution in [-0.4, -0.2) is 43.1 Å². The number of ether oxygens (including phenoxy) is 2. The van der Waals surface area contributed by atoms with Crippen LogP contribution in [0.5, 0.6) is 5.75 Å². The molecule has 172 valence electrons. The van der Waals surface area contributed by atoms with E-state index >= 15 is 0 Å². The predicted molar refractivity (Wildman–Crippen MR) is 131 cm³/mol. The number of likely N-dealkylation sites (tertiary alicyclic amines) is 1. The summed E-state index contributed by atoms with van der Waals surface area (Å²) in [6.45, 7) is 5.12. The number of amides is 1. The summed E-state index contributed by atoms with van der Waals surface area (Å²) in [6.07, 6.45) is 1.28. The highest BCUT2D eigenvalue weighted by atomic mass is 32.1. The van der Waals surface area contributed by atoms with Gasteiger partial charge in [0.2, 0.25) is 0 Å². The van der Waals surface area contributed by atoms with Crippen molar-refractivity contribution in [2.75, 3.05) is 20.2 Å². The SMILES string of the molecule is COC(=O)C(C)Oc1cccc(C2CCCN(C(=O)c3cccc(-c4cccs4)c3)C2)c1C. The molecule has 1 aliphatic rings. The van der Waals surface area contributed by atoms with Gasteiger partial charge in [0, 0.05) is 29.4 Å². The van der Waals surface area contributed by atoms with Crippen LogP contribution < -0.4 is 4.74 Å². The third-order valence-corrected chi connectivity index (χ3v) is 7.15.